The molecule has 7 heteroatoms. The molecule has 0 aliphatic carbocycles. The molecule has 1 aromatic heterocycles. The largest absolute Gasteiger partial charge is 0.486 e. The third kappa shape index (κ3) is 3.55. The summed E-state index contributed by atoms with van der Waals surface area (Å²) in [6, 6.07) is 15.9. The van der Waals surface area contributed by atoms with Gasteiger partial charge in [-0.2, -0.15) is 5.26 Å². The smallest absolute Gasteiger partial charge is 0.262 e. The second-order valence-corrected chi connectivity index (χ2v) is 7.16. The van der Waals surface area contributed by atoms with Gasteiger partial charge in [-0.05, 0) is 42.0 Å². The molecule has 1 unspecified atom stereocenters. The molecule has 1 aliphatic heterocycles. The van der Waals surface area contributed by atoms with E-state index in [0.717, 1.165) is 10.4 Å². The molecule has 28 heavy (non-hydrogen) atoms. The van der Waals surface area contributed by atoms with Crippen LogP contribution in [0.3, 0.4) is 0 Å². The van der Waals surface area contributed by atoms with E-state index in [4.69, 9.17) is 9.47 Å². The van der Waals surface area contributed by atoms with Crippen LogP contribution in [0.15, 0.2) is 54.6 Å². The maximum Gasteiger partial charge on any atom is 0.262 e. The highest BCUT2D eigenvalue weighted by atomic mass is 32.1. The van der Waals surface area contributed by atoms with Gasteiger partial charge in [0.15, 0.2) is 11.5 Å². The minimum atomic E-state index is -1.06. The Hall–Kier alpha value is -3.37. The van der Waals surface area contributed by atoms with Crippen molar-refractivity contribution in [1.29, 1.82) is 5.26 Å². The Bertz CT molecular complexity index is 1070. The third-order valence-electron chi connectivity index (χ3n) is 4.28. The van der Waals surface area contributed by atoms with Gasteiger partial charge in [-0.25, -0.2) is 4.39 Å². The van der Waals surface area contributed by atoms with Crippen LogP contribution in [-0.2, 0) is 0 Å². The number of thiophene rings is 1. The Kier molecular flexibility index (Phi) is 4.96. The average Bonchev–Trinajstić information content (AvgIpc) is 3.22. The van der Waals surface area contributed by atoms with Crippen molar-refractivity contribution in [2.24, 2.45) is 0 Å². The second-order valence-electron chi connectivity index (χ2n) is 6.08. The monoisotopic (exact) mass is 394 g/mol. The van der Waals surface area contributed by atoms with Gasteiger partial charge in [0.25, 0.3) is 5.91 Å². The van der Waals surface area contributed by atoms with Gasteiger partial charge in [0.2, 0.25) is 0 Å². The lowest BCUT2D eigenvalue weighted by atomic mass is 10.1. The van der Waals surface area contributed by atoms with Crippen LogP contribution in [0.2, 0.25) is 0 Å². The van der Waals surface area contributed by atoms with Gasteiger partial charge in [0.1, 0.15) is 25.1 Å². The number of benzene rings is 2. The van der Waals surface area contributed by atoms with E-state index in [1.807, 2.05) is 30.3 Å². The Labute approximate surface area is 165 Å². The first kappa shape index (κ1) is 18.0. The van der Waals surface area contributed by atoms with Gasteiger partial charge in [0.05, 0.1) is 10.9 Å². The summed E-state index contributed by atoms with van der Waals surface area (Å²) < 4.78 is 25.0. The van der Waals surface area contributed by atoms with Crippen LogP contribution in [0.1, 0.15) is 21.3 Å². The molecule has 4 rings (SSSR count). The maximum absolute atomic E-state index is 13.9. The van der Waals surface area contributed by atoms with Crippen LogP contribution in [0.25, 0.3) is 10.4 Å². The number of hydrogen-bond acceptors (Lipinski definition) is 5. The number of fused-ring (bicyclic) bond motifs is 1. The first-order valence-corrected chi connectivity index (χ1v) is 9.42. The van der Waals surface area contributed by atoms with E-state index in [1.165, 1.54) is 29.5 Å². The van der Waals surface area contributed by atoms with Crippen LogP contribution in [0.4, 0.5) is 4.39 Å². The fourth-order valence-electron chi connectivity index (χ4n) is 2.90. The summed E-state index contributed by atoms with van der Waals surface area (Å²) in [4.78, 5) is 13.9. The predicted molar refractivity (Wildman–Crippen MR) is 103 cm³/mol. The molecule has 1 amide bonds. The first-order valence-electron chi connectivity index (χ1n) is 8.60. The van der Waals surface area contributed by atoms with Gasteiger partial charge in [-0.3, -0.25) is 4.79 Å². The molecule has 0 bridgehead atoms. The Morgan fingerprint density at radius 1 is 1.11 bits per heavy atom. The van der Waals surface area contributed by atoms with Crippen molar-refractivity contribution >= 4 is 17.2 Å². The number of hydrogen-bond donors (Lipinski definition) is 1. The molecule has 0 saturated heterocycles. The predicted octanol–water partition coefficient (Wildman–Crippen LogP) is 4.32. The number of carbonyl (C=O) groups is 1. The summed E-state index contributed by atoms with van der Waals surface area (Å²) in [5.74, 6) is 0.416. The Morgan fingerprint density at radius 3 is 2.68 bits per heavy atom. The highest BCUT2D eigenvalue weighted by Gasteiger charge is 2.20. The van der Waals surface area contributed by atoms with Gasteiger partial charge in [-0.15, -0.1) is 11.3 Å². The number of nitrogens with one attached hydrogen (secondary N) is 1. The van der Waals surface area contributed by atoms with E-state index in [-0.39, 0.29) is 5.56 Å². The lowest BCUT2D eigenvalue weighted by Crippen LogP contribution is -2.27. The van der Waals surface area contributed by atoms with Gasteiger partial charge in [0, 0.05) is 10.4 Å². The molecule has 2 heterocycles. The molecule has 140 valence electrons. The van der Waals surface area contributed by atoms with Crippen LogP contribution >= 0.6 is 11.3 Å². The summed E-state index contributed by atoms with van der Waals surface area (Å²) in [5, 5.41) is 11.9. The fraction of sp³-hybridized carbons (Fsp3) is 0.143. The molecule has 0 spiro atoms. The number of amides is 1. The molecule has 0 fully saturated rings. The molecule has 1 atom stereocenters. The number of halogens is 1. The summed E-state index contributed by atoms with van der Waals surface area (Å²) in [7, 11) is 0. The van der Waals surface area contributed by atoms with Crippen molar-refractivity contribution in [3.05, 3.63) is 70.9 Å². The van der Waals surface area contributed by atoms with E-state index in [2.05, 4.69) is 5.32 Å². The van der Waals surface area contributed by atoms with E-state index in [9.17, 15) is 14.4 Å². The quantitative estimate of drug-likeness (QED) is 0.715. The molecular formula is C21H15FN2O3S. The lowest BCUT2D eigenvalue weighted by Gasteiger charge is -2.18. The number of ether oxygens (including phenoxy) is 2. The molecule has 0 saturated carbocycles. The molecule has 1 N–H and O–H groups in total. The van der Waals surface area contributed by atoms with Crippen molar-refractivity contribution in [3.8, 4) is 28.0 Å². The molecule has 3 aromatic rings. The average molecular weight is 394 g/mol. The summed E-state index contributed by atoms with van der Waals surface area (Å²) in [5.41, 5.74) is 1.04. The molecule has 2 aromatic carbocycles. The normalized spacial score (nSPS) is 13.4. The van der Waals surface area contributed by atoms with E-state index in [1.54, 1.807) is 12.1 Å². The number of nitriles is 1. The Balaban J connectivity index is 1.53. The Morgan fingerprint density at radius 2 is 1.89 bits per heavy atom. The summed E-state index contributed by atoms with van der Waals surface area (Å²) in [6.07, 6.45) is 0. The van der Waals surface area contributed by atoms with Crippen LogP contribution in [-0.4, -0.2) is 19.1 Å². The summed E-state index contributed by atoms with van der Waals surface area (Å²) >= 11 is 1.29. The highest BCUT2D eigenvalue weighted by Crippen LogP contribution is 2.37. The van der Waals surface area contributed by atoms with Gasteiger partial charge in [-0.1, -0.05) is 18.2 Å². The SMILES string of the molecule is N#CC(NC(=O)c1ccc(-c2ccc3c(c2)OCCO3)s1)c1ccccc1F. The second kappa shape index (κ2) is 7.71. The first-order chi connectivity index (χ1) is 13.7. The minimum Gasteiger partial charge on any atom is -0.486 e. The zero-order valence-corrected chi connectivity index (χ0v) is 15.5. The number of carbonyl (C=O) groups excluding carboxylic acids is 1. The zero-order valence-electron chi connectivity index (χ0n) is 14.6. The van der Waals surface area contributed by atoms with Crippen molar-refractivity contribution < 1.29 is 18.7 Å². The topological polar surface area (TPSA) is 71.4 Å². The zero-order chi connectivity index (χ0) is 19.5. The van der Waals surface area contributed by atoms with E-state index in [0.29, 0.717) is 29.6 Å². The molecule has 5 nitrogen and oxygen atoms in total. The van der Waals surface area contributed by atoms with Gasteiger partial charge >= 0.3 is 0 Å². The molecule has 0 radical (unpaired) electrons. The van der Waals surface area contributed by atoms with Crippen molar-refractivity contribution in [3.63, 3.8) is 0 Å². The maximum atomic E-state index is 13.9. The fourth-order valence-corrected chi connectivity index (χ4v) is 3.81. The van der Waals surface area contributed by atoms with E-state index < -0.39 is 17.8 Å². The lowest BCUT2D eigenvalue weighted by molar-refractivity contribution is 0.0949. The summed E-state index contributed by atoms with van der Waals surface area (Å²) in [6.45, 7) is 1.03. The van der Waals surface area contributed by atoms with Crippen LogP contribution in [0, 0.1) is 17.1 Å². The van der Waals surface area contributed by atoms with Gasteiger partial charge < -0.3 is 14.8 Å². The molecule has 1 aliphatic rings. The third-order valence-corrected chi connectivity index (χ3v) is 5.41. The highest BCUT2D eigenvalue weighted by molar-refractivity contribution is 7.17. The van der Waals surface area contributed by atoms with E-state index >= 15 is 0 Å². The van der Waals surface area contributed by atoms with Crippen molar-refractivity contribution in [1.82, 2.24) is 5.32 Å². The minimum absolute atomic E-state index is 0.141. The standard InChI is InChI=1S/C21H15FN2O3S/c22-15-4-2-1-3-14(15)16(12-23)24-21(25)20-8-7-19(28-20)13-5-6-17-18(11-13)27-10-9-26-17/h1-8,11,16H,9-10H2,(H,24,25). The van der Waals surface area contributed by atoms with Crippen LogP contribution < -0.4 is 14.8 Å². The van der Waals surface area contributed by atoms with Crippen LogP contribution in [0.5, 0.6) is 11.5 Å². The number of nitrogens with zero attached hydrogens (tertiary/aromatic N) is 1. The number of rotatable bonds is 4. The molecular weight excluding hydrogens is 379 g/mol. The van der Waals surface area contributed by atoms with Crippen molar-refractivity contribution in [2.75, 3.05) is 13.2 Å². The van der Waals surface area contributed by atoms with Crippen molar-refractivity contribution in [2.45, 2.75) is 6.04 Å².